The highest BCUT2D eigenvalue weighted by atomic mass is 19.3. The van der Waals surface area contributed by atoms with Gasteiger partial charge in [0.05, 0.1) is 36.6 Å². The third-order valence-electron chi connectivity index (χ3n) is 9.19. The van der Waals surface area contributed by atoms with Crippen LogP contribution in [0.5, 0.6) is 5.75 Å². The Balaban J connectivity index is 1.24. The van der Waals surface area contributed by atoms with E-state index in [0.29, 0.717) is 41.5 Å². The lowest BCUT2D eigenvalue weighted by Gasteiger charge is -2.36. The summed E-state index contributed by atoms with van der Waals surface area (Å²) >= 11 is 0. The van der Waals surface area contributed by atoms with E-state index in [1.54, 1.807) is 41.2 Å². The number of benzene rings is 2. The summed E-state index contributed by atoms with van der Waals surface area (Å²) < 4.78 is 53.7. The van der Waals surface area contributed by atoms with Crippen LogP contribution in [0.4, 0.5) is 23.9 Å². The van der Waals surface area contributed by atoms with Crippen LogP contribution in [0.15, 0.2) is 48.8 Å². The summed E-state index contributed by atoms with van der Waals surface area (Å²) in [7, 11) is 1.41. The summed E-state index contributed by atoms with van der Waals surface area (Å²) in [6.07, 6.45) is 3.76. The SMILES string of the molecule is COC(=O)C1[C@@H]2CC[C@H]1CN(c1ncc(-c3cc4c(cc3F)nc3n4[C@H](c4ccccc4OC(F)F)CN(C(=O)O)C3)cn1)C2. The van der Waals surface area contributed by atoms with E-state index < -0.39 is 24.6 Å². The number of methoxy groups -OCH3 is 1. The minimum atomic E-state index is -3.08. The molecular weight excluding hydrogens is 593 g/mol. The fraction of sp³-hybridized carbons (Fsp3) is 0.387. The van der Waals surface area contributed by atoms with Gasteiger partial charge in [0.1, 0.15) is 17.4 Å². The zero-order valence-electron chi connectivity index (χ0n) is 24.1. The predicted molar refractivity (Wildman–Crippen MR) is 154 cm³/mol. The molecule has 0 radical (unpaired) electrons. The van der Waals surface area contributed by atoms with Crippen molar-refractivity contribution in [2.45, 2.75) is 32.0 Å². The molecule has 11 nitrogen and oxygen atoms in total. The molecule has 7 rings (SSSR count). The normalized spacial score (nSPS) is 22.5. The highest BCUT2D eigenvalue weighted by Crippen LogP contribution is 2.43. The van der Waals surface area contributed by atoms with E-state index in [-0.39, 0.29) is 53.6 Å². The molecule has 4 heterocycles. The van der Waals surface area contributed by atoms with Crippen molar-refractivity contribution >= 4 is 29.0 Å². The fourth-order valence-corrected chi connectivity index (χ4v) is 7.24. The zero-order valence-corrected chi connectivity index (χ0v) is 24.1. The number of carbonyl (C=O) groups is 2. The van der Waals surface area contributed by atoms with Gasteiger partial charge < -0.3 is 24.0 Å². The molecule has 1 aliphatic carbocycles. The number of anilines is 1. The first kappa shape index (κ1) is 28.9. The number of amides is 1. The van der Waals surface area contributed by atoms with Crippen molar-refractivity contribution < 1.29 is 37.3 Å². The molecule has 3 aliphatic rings. The zero-order chi connectivity index (χ0) is 31.4. The van der Waals surface area contributed by atoms with Crippen LogP contribution in [0.3, 0.4) is 0 Å². The molecular formula is C31H29F3N6O5. The van der Waals surface area contributed by atoms with Crippen molar-refractivity contribution in [2.24, 2.45) is 17.8 Å². The predicted octanol–water partition coefficient (Wildman–Crippen LogP) is 4.95. The first-order valence-corrected chi connectivity index (χ1v) is 14.6. The number of hydrogen-bond donors (Lipinski definition) is 1. The Morgan fingerprint density at radius 2 is 1.76 bits per heavy atom. The second-order valence-corrected chi connectivity index (χ2v) is 11.6. The lowest BCUT2D eigenvalue weighted by atomic mass is 9.85. The van der Waals surface area contributed by atoms with Gasteiger partial charge in [-0.25, -0.2) is 24.1 Å². The molecule has 1 saturated carbocycles. The van der Waals surface area contributed by atoms with Gasteiger partial charge in [-0.05, 0) is 36.8 Å². The van der Waals surface area contributed by atoms with Gasteiger partial charge >= 0.3 is 18.7 Å². The van der Waals surface area contributed by atoms with E-state index in [1.165, 1.54) is 19.2 Å². The number of carbonyl (C=O) groups excluding carboxylic acids is 1. The Bertz CT molecular complexity index is 1770. The topological polar surface area (TPSA) is 123 Å². The summed E-state index contributed by atoms with van der Waals surface area (Å²) in [6, 6.07) is 8.29. The van der Waals surface area contributed by atoms with E-state index in [0.717, 1.165) is 17.7 Å². The molecule has 0 spiro atoms. The average molecular weight is 623 g/mol. The van der Waals surface area contributed by atoms with E-state index >= 15 is 4.39 Å². The largest absolute Gasteiger partial charge is 0.469 e. The highest BCUT2D eigenvalue weighted by molar-refractivity contribution is 5.84. The summed E-state index contributed by atoms with van der Waals surface area (Å²) in [6.45, 7) is -1.95. The highest BCUT2D eigenvalue weighted by Gasteiger charge is 2.47. The van der Waals surface area contributed by atoms with Crippen molar-refractivity contribution in [3.8, 4) is 16.9 Å². The number of carboxylic acid groups (broad SMARTS) is 1. The Kier molecular flexibility index (Phi) is 7.21. The van der Waals surface area contributed by atoms with Crippen molar-refractivity contribution in [3.63, 3.8) is 0 Å². The van der Waals surface area contributed by atoms with Crippen LogP contribution in [0.2, 0.25) is 0 Å². The maximum absolute atomic E-state index is 15.6. The average Bonchev–Trinajstić information content (AvgIpc) is 3.52. The van der Waals surface area contributed by atoms with Crippen LogP contribution in [0, 0.1) is 23.6 Å². The maximum atomic E-state index is 15.6. The minimum Gasteiger partial charge on any atom is -0.469 e. The van der Waals surface area contributed by atoms with Crippen molar-refractivity contribution in [3.05, 3.63) is 66.0 Å². The number of ether oxygens (including phenoxy) is 2. The van der Waals surface area contributed by atoms with Gasteiger partial charge in [-0.2, -0.15) is 8.78 Å². The van der Waals surface area contributed by atoms with E-state index in [9.17, 15) is 23.5 Å². The number of piperidine rings is 1. The Labute approximate surface area is 255 Å². The lowest BCUT2D eigenvalue weighted by Crippen LogP contribution is -2.45. The van der Waals surface area contributed by atoms with Crippen LogP contribution < -0.4 is 9.64 Å². The van der Waals surface area contributed by atoms with Gasteiger partial charge in [-0.15, -0.1) is 0 Å². The first-order chi connectivity index (χ1) is 21.7. The molecule has 2 fully saturated rings. The third kappa shape index (κ3) is 5.07. The van der Waals surface area contributed by atoms with Gasteiger partial charge in [-0.1, -0.05) is 18.2 Å². The van der Waals surface area contributed by atoms with Gasteiger partial charge in [0.15, 0.2) is 0 Å². The monoisotopic (exact) mass is 622 g/mol. The number of hydrogen-bond acceptors (Lipinski definition) is 8. The third-order valence-corrected chi connectivity index (χ3v) is 9.19. The number of halogens is 3. The molecule has 45 heavy (non-hydrogen) atoms. The van der Waals surface area contributed by atoms with Crippen molar-refractivity contribution in [1.82, 2.24) is 24.4 Å². The standard InChI is InChI=1S/C31H29F3N6O5/c1-44-28(41)27-16-6-7-17(27)13-38(12-16)30-35-10-18(11-36-30)20-8-23-22(9-21(20)32)37-26-15-39(31(42)43)14-24(40(23)26)19-4-2-3-5-25(19)45-29(33)34/h2-5,8-11,16-17,24,27,29H,6-7,12-15H2,1H3,(H,42,43)/t16-,17+,24-,27?/m0/s1. The van der Waals surface area contributed by atoms with E-state index in [4.69, 9.17) is 9.47 Å². The van der Waals surface area contributed by atoms with Gasteiger partial charge in [0.2, 0.25) is 5.95 Å². The molecule has 2 aromatic carbocycles. The van der Waals surface area contributed by atoms with Crippen LogP contribution in [-0.2, 0) is 16.1 Å². The number of rotatable bonds is 6. The summed E-state index contributed by atoms with van der Waals surface area (Å²) in [5.74, 6) is 0.201. The molecule has 2 bridgehead atoms. The first-order valence-electron chi connectivity index (χ1n) is 14.6. The fourth-order valence-electron chi connectivity index (χ4n) is 7.24. The molecule has 1 saturated heterocycles. The molecule has 14 heteroatoms. The van der Waals surface area contributed by atoms with Crippen LogP contribution >= 0.6 is 0 Å². The lowest BCUT2D eigenvalue weighted by molar-refractivity contribution is -0.148. The molecule has 1 N–H and O–H groups in total. The van der Waals surface area contributed by atoms with Crippen molar-refractivity contribution in [2.75, 3.05) is 31.6 Å². The number of imidazole rings is 1. The van der Waals surface area contributed by atoms with E-state index in [2.05, 4.69) is 19.9 Å². The quantitative estimate of drug-likeness (QED) is 0.298. The molecule has 4 aromatic rings. The van der Waals surface area contributed by atoms with E-state index in [1.807, 2.05) is 0 Å². The number of alkyl halides is 2. The van der Waals surface area contributed by atoms with Gasteiger partial charge in [-0.3, -0.25) is 9.69 Å². The molecule has 2 aliphatic heterocycles. The summed E-state index contributed by atoms with van der Waals surface area (Å²) in [5, 5.41) is 9.79. The summed E-state index contributed by atoms with van der Waals surface area (Å²) in [4.78, 5) is 41.1. The number of fused-ring (bicyclic) bond motifs is 5. The molecule has 234 valence electrons. The Hall–Kier alpha value is -4.88. The minimum absolute atomic E-state index is 0.0589. The maximum Gasteiger partial charge on any atom is 0.407 e. The molecule has 1 amide bonds. The molecule has 4 atom stereocenters. The second-order valence-electron chi connectivity index (χ2n) is 11.6. The number of para-hydroxylation sites is 1. The van der Waals surface area contributed by atoms with Gasteiger partial charge in [0.25, 0.3) is 0 Å². The molecule has 2 aromatic heterocycles. The van der Waals surface area contributed by atoms with Crippen LogP contribution in [-0.4, -0.2) is 74.9 Å². The number of aromatic nitrogens is 4. The van der Waals surface area contributed by atoms with Crippen molar-refractivity contribution in [1.29, 1.82) is 0 Å². The Morgan fingerprint density at radius 3 is 2.42 bits per heavy atom. The summed E-state index contributed by atoms with van der Waals surface area (Å²) in [5.41, 5.74) is 1.75. The van der Waals surface area contributed by atoms with Crippen LogP contribution in [0.25, 0.3) is 22.2 Å². The number of nitrogens with zero attached hydrogens (tertiary/aromatic N) is 6. The smallest absolute Gasteiger partial charge is 0.407 e. The number of esters is 1. The molecule has 1 unspecified atom stereocenters. The van der Waals surface area contributed by atoms with Gasteiger partial charge in [0, 0.05) is 54.8 Å². The van der Waals surface area contributed by atoms with Crippen LogP contribution in [0.1, 0.15) is 30.3 Å². The second kappa shape index (κ2) is 11.2. The Morgan fingerprint density at radius 1 is 1.04 bits per heavy atom.